The van der Waals surface area contributed by atoms with Gasteiger partial charge >= 0.3 is 6.03 Å². The van der Waals surface area contributed by atoms with E-state index in [0.29, 0.717) is 12.5 Å². The summed E-state index contributed by atoms with van der Waals surface area (Å²) in [5.41, 5.74) is 1.06. The number of hydrogen-bond donors (Lipinski definition) is 2. The van der Waals surface area contributed by atoms with E-state index in [0.717, 1.165) is 18.0 Å². The Kier molecular flexibility index (Phi) is 5.50. The first-order valence-corrected chi connectivity index (χ1v) is 8.09. The number of fused-ring (bicyclic) bond motifs is 1. The highest BCUT2D eigenvalue weighted by Crippen LogP contribution is 2.33. The van der Waals surface area contributed by atoms with Gasteiger partial charge in [-0.15, -0.1) is 11.8 Å². The van der Waals surface area contributed by atoms with Crippen LogP contribution in [0.25, 0.3) is 0 Å². The molecule has 0 bridgehead atoms. The van der Waals surface area contributed by atoms with Gasteiger partial charge in [0.25, 0.3) is 0 Å². The van der Waals surface area contributed by atoms with Gasteiger partial charge in [0, 0.05) is 23.7 Å². The average Bonchev–Trinajstić information content (AvgIpc) is 2.45. The minimum absolute atomic E-state index is 0.201. The number of hydrogen-bond acceptors (Lipinski definition) is 4. The van der Waals surface area contributed by atoms with E-state index in [-0.39, 0.29) is 12.5 Å². The van der Waals surface area contributed by atoms with Crippen LogP contribution < -0.4 is 15.5 Å². The van der Waals surface area contributed by atoms with E-state index in [4.69, 9.17) is 0 Å². The third-order valence-electron chi connectivity index (χ3n) is 3.08. The van der Waals surface area contributed by atoms with Crippen LogP contribution in [0.2, 0.25) is 0 Å². The topological polar surface area (TPSA) is 61.4 Å². The molecule has 1 aliphatic heterocycles. The Morgan fingerprint density at radius 1 is 1.33 bits per heavy atom. The Morgan fingerprint density at radius 2 is 2.10 bits per heavy atom. The summed E-state index contributed by atoms with van der Waals surface area (Å²) in [6, 6.07) is 7.60. The number of urea groups is 1. The zero-order valence-electron chi connectivity index (χ0n) is 12.4. The molecule has 0 saturated heterocycles. The van der Waals surface area contributed by atoms with E-state index in [9.17, 15) is 9.59 Å². The molecule has 1 aromatic rings. The molecule has 0 radical (unpaired) electrons. The van der Waals surface area contributed by atoms with Gasteiger partial charge in [-0.2, -0.15) is 0 Å². The van der Waals surface area contributed by atoms with Crippen molar-refractivity contribution in [3.05, 3.63) is 24.3 Å². The number of imide groups is 1. The van der Waals surface area contributed by atoms with Gasteiger partial charge in [0.15, 0.2) is 0 Å². The summed E-state index contributed by atoms with van der Waals surface area (Å²) in [6.45, 7) is 5.58. The number of nitrogens with zero attached hydrogens (tertiary/aromatic N) is 1. The van der Waals surface area contributed by atoms with Gasteiger partial charge in [-0.1, -0.05) is 26.0 Å². The molecule has 5 nitrogen and oxygen atoms in total. The number of rotatable bonds is 4. The van der Waals surface area contributed by atoms with Crippen LogP contribution in [0, 0.1) is 5.92 Å². The molecule has 2 rings (SSSR count). The molecular weight excluding hydrogens is 286 g/mol. The zero-order chi connectivity index (χ0) is 15.2. The summed E-state index contributed by atoms with van der Waals surface area (Å²) in [5, 5.41) is 5.05. The smallest absolute Gasteiger partial charge is 0.321 e. The van der Waals surface area contributed by atoms with E-state index in [1.54, 1.807) is 11.8 Å². The number of nitrogens with one attached hydrogen (secondary N) is 2. The summed E-state index contributed by atoms with van der Waals surface area (Å²) in [4.78, 5) is 26.7. The lowest BCUT2D eigenvalue weighted by atomic mass is 10.2. The number of benzene rings is 1. The van der Waals surface area contributed by atoms with Crippen molar-refractivity contribution in [3.63, 3.8) is 0 Å². The van der Waals surface area contributed by atoms with Crippen LogP contribution in [0.4, 0.5) is 10.5 Å². The first kappa shape index (κ1) is 15.7. The van der Waals surface area contributed by atoms with Gasteiger partial charge in [0.05, 0.1) is 12.2 Å². The first-order valence-electron chi connectivity index (χ1n) is 7.10. The summed E-state index contributed by atoms with van der Waals surface area (Å²) >= 11 is 1.79. The maximum absolute atomic E-state index is 12.0. The lowest BCUT2D eigenvalue weighted by Gasteiger charge is -2.30. The molecule has 0 saturated carbocycles. The molecule has 0 atom stereocenters. The van der Waals surface area contributed by atoms with Crippen LogP contribution >= 0.6 is 11.8 Å². The molecule has 3 amide bonds. The molecule has 6 heteroatoms. The predicted molar refractivity (Wildman–Crippen MR) is 85.8 cm³/mol. The highest BCUT2D eigenvalue weighted by molar-refractivity contribution is 7.99. The summed E-state index contributed by atoms with van der Waals surface area (Å²) < 4.78 is 0. The third kappa shape index (κ3) is 4.67. The number of amides is 3. The monoisotopic (exact) mass is 307 g/mol. The molecule has 0 aromatic heterocycles. The molecule has 0 aliphatic carbocycles. The fourth-order valence-electron chi connectivity index (χ4n) is 2.07. The predicted octanol–water partition coefficient (Wildman–Crippen LogP) is 2.08. The average molecular weight is 307 g/mol. The van der Waals surface area contributed by atoms with E-state index >= 15 is 0 Å². The first-order chi connectivity index (χ1) is 10.1. The lowest BCUT2D eigenvalue weighted by molar-refractivity contribution is -0.118. The number of anilines is 1. The van der Waals surface area contributed by atoms with Crippen molar-refractivity contribution in [1.29, 1.82) is 0 Å². The SMILES string of the molecule is CC(C)CNC(=O)NC(=O)CN1CCSc2ccccc21. The maximum Gasteiger partial charge on any atom is 0.321 e. The molecule has 0 spiro atoms. The Hall–Kier alpha value is -1.69. The number of carbonyl (C=O) groups excluding carboxylic acids is 2. The third-order valence-corrected chi connectivity index (χ3v) is 4.13. The van der Waals surface area contributed by atoms with Gasteiger partial charge in [-0.3, -0.25) is 10.1 Å². The second-order valence-electron chi connectivity index (χ2n) is 5.39. The summed E-state index contributed by atoms with van der Waals surface area (Å²) in [7, 11) is 0. The quantitative estimate of drug-likeness (QED) is 0.894. The van der Waals surface area contributed by atoms with Gasteiger partial charge in [0.1, 0.15) is 0 Å². The van der Waals surface area contributed by atoms with Crippen LogP contribution in [-0.4, -0.2) is 37.3 Å². The fraction of sp³-hybridized carbons (Fsp3) is 0.467. The molecule has 0 unspecified atom stereocenters. The van der Waals surface area contributed by atoms with Crippen molar-refractivity contribution in [1.82, 2.24) is 10.6 Å². The summed E-state index contributed by atoms with van der Waals surface area (Å²) in [5.74, 6) is 1.03. The van der Waals surface area contributed by atoms with Crippen LogP contribution in [0.3, 0.4) is 0 Å². The zero-order valence-corrected chi connectivity index (χ0v) is 13.2. The van der Waals surface area contributed by atoms with E-state index in [1.807, 2.05) is 36.9 Å². The molecular formula is C15H21N3O2S. The molecule has 2 N–H and O–H groups in total. The molecule has 114 valence electrons. The number of thioether (sulfide) groups is 1. The van der Waals surface area contributed by atoms with Gasteiger partial charge in [0.2, 0.25) is 5.91 Å². The Bertz CT molecular complexity index is 519. The van der Waals surface area contributed by atoms with Crippen LogP contribution in [0.15, 0.2) is 29.2 Å². The lowest BCUT2D eigenvalue weighted by Crippen LogP contribution is -2.46. The van der Waals surface area contributed by atoms with Crippen molar-refractivity contribution >= 4 is 29.4 Å². The Balaban J connectivity index is 1.88. The Labute approximate surface area is 129 Å². The van der Waals surface area contributed by atoms with Gasteiger partial charge in [-0.05, 0) is 18.1 Å². The second-order valence-corrected chi connectivity index (χ2v) is 6.53. The van der Waals surface area contributed by atoms with Crippen molar-refractivity contribution in [2.24, 2.45) is 5.92 Å². The van der Waals surface area contributed by atoms with Crippen LogP contribution in [0.1, 0.15) is 13.8 Å². The number of para-hydroxylation sites is 1. The van der Waals surface area contributed by atoms with Crippen LogP contribution in [-0.2, 0) is 4.79 Å². The molecule has 1 aliphatic rings. The van der Waals surface area contributed by atoms with E-state index in [1.165, 1.54) is 4.90 Å². The minimum Gasteiger partial charge on any atom is -0.360 e. The number of carbonyl (C=O) groups is 2. The van der Waals surface area contributed by atoms with Crippen molar-refractivity contribution in [2.75, 3.05) is 30.3 Å². The Morgan fingerprint density at radius 3 is 2.86 bits per heavy atom. The molecule has 21 heavy (non-hydrogen) atoms. The van der Waals surface area contributed by atoms with Crippen LogP contribution in [0.5, 0.6) is 0 Å². The fourth-order valence-corrected chi connectivity index (χ4v) is 3.12. The second kappa shape index (κ2) is 7.36. The molecule has 1 aromatic carbocycles. The molecule has 1 heterocycles. The standard InChI is InChI=1S/C15H21N3O2S/c1-11(2)9-16-15(20)17-14(19)10-18-7-8-21-13-6-4-3-5-12(13)18/h3-6,11H,7-10H2,1-2H3,(H2,16,17,19,20). The largest absolute Gasteiger partial charge is 0.360 e. The molecule has 0 fully saturated rings. The highest BCUT2D eigenvalue weighted by Gasteiger charge is 2.19. The van der Waals surface area contributed by atoms with E-state index < -0.39 is 6.03 Å². The van der Waals surface area contributed by atoms with Crippen molar-refractivity contribution in [2.45, 2.75) is 18.7 Å². The van der Waals surface area contributed by atoms with E-state index in [2.05, 4.69) is 16.7 Å². The van der Waals surface area contributed by atoms with Crippen molar-refractivity contribution < 1.29 is 9.59 Å². The van der Waals surface area contributed by atoms with Gasteiger partial charge in [-0.25, -0.2) is 4.79 Å². The highest BCUT2D eigenvalue weighted by atomic mass is 32.2. The normalized spacial score (nSPS) is 13.8. The maximum atomic E-state index is 12.0. The minimum atomic E-state index is -0.423. The summed E-state index contributed by atoms with van der Waals surface area (Å²) in [6.07, 6.45) is 0. The van der Waals surface area contributed by atoms with Crippen molar-refractivity contribution in [3.8, 4) is 0 Å². The van der Waals surface area contributed by atoms with Gasteiger partial charge < -0.3 is 10.2 Å².